The molecule has 2 N–H and O–H groups in total. The van der Waals surface area contributed by atoms with Gasteiger partial charge in [-0.25, -0.2) is 4.79 Å². The van der Waals surface area contributed by atoms with E-state index in [4.69, 9.17) is 24.1 Å². The fourth-order valence-corrected chi connectivity index (χ4v) is 5.85. The molecule has 10 heteroatoms. The summed E-state index contributed by atoms with van der Waals surface area (Å²) in [5.41, 5.74) is 8.07. The molecule has 2 aromatic heterocycles. The highest BCUT2D eigenvalue weighted by atomic mass is 28.4. The van der Waals surface area contributed by atoms with E-state index < -0.39 is 44.5 Å². The van der Waals surface area contributed by atoms with Gasteiger partial charge in [0.25, 0.3) is 0 Å². The second kappa shape index (κ2) is 13.5. The SMILES string of the molecule is CCCCCc1ccc(-c2cc3cn([C@H]4C[C@H](OC(=O)[C@@H](N)C(C)C)[C@@H](CO[Si](C)(C)C(C)(C)C)O4)c(=O)nc3o2)cc1. The molecule has 1 aliphatic rings. The molecule has 1 aromatic carbocycles. The number of carbonyl (C=O) groups excluding carboxylic acids is 1. The van der Waals surface area contributed by atoms with E-state index in [0.29, 0.717) is 11.1 Å². The highest BCUT2D eigenvalue weighted by Crippen LogP contribution is 2.38. The molecular weight excluding hydrogens is 562 g/mol. The molecule has 1 saturated heterocycles. The zero-order chi connectivity index (χ0) is 31.5. The first-order chi connectivity index (χ1) is 20.2. The lowest BCUT2D eigenvalue weighted by atomic mass is 10.0. The molecule has 9 nitrogen and oxygen atoms in total. The quantitative estimate of drug-likeness (QED) is 0.138. The normalized spacial score (nSPS) is 20.2. The van der Waals surface area contributed by atoms with Crippen LogP contribution in [0.4, 0.5) is 0 Å². The lowest BCUT2D eigenvalue weighted by Gasteiger charge is -2.37. The van der Waals surface area contributed by atoms with Crippen molar-refractivity contribution < 1.29 is 23.1 Å². The predicted octanol–water partition coefficient (Wildman–Crippen LogP) is 6.59. The Bertz CT molecular complexity index is 1440. The number of nitrogens with zero attached hydrogens (tertiary/aromatic N) is 2. The van der Waals surface area contributed by atoms with Crippen molar-refractivity contribution in [3.8, 4) is 11.3 Å². The van der Waals surface area contributed by atoms with Crippen LogP contribution >= 0.6 is 0 Å². The molecule has 4 rings (SSSR count). The number of aryl methyl sites for hydroxylation is 1. The molecule has 0 radical (unpaired) electrons. The monoisotopic (exact) mass is 611 g/mol. The number of hydrogen-bond donors (Lipinski definition) is 1. The van der Waals surface area contributed by atoms with Gasteiger partial charge in [0, 0.05) is 18.2 Å². The zero-order valence-corrected chi connectivity index (χ0v) is 28.0. The van der Waals surface area contributed by atoms with E-state index in [0.717, 1.165) is 12.0 Å². The van der Waals surface area contributed by atoms with E-state index in [9.17, 15) is 9.59 Å². The number of unbranched alkanes of at least 4 members (excludes halogenated alkanes) is 2. The molecule has 0 saturated carbocycles. The molecule has 0 unspecified atom stereocenters. The maximum absolute atomic E-state index is 13.2. The van der Waals surface area contributed by atoms with Gasteiger partial charge < -0.3 is 24.1 Å². The molecule has 0 bridgehead atoms. The van der Waals surface area contributed by atoms with Gasteiger partial charge in [-0.15, -0.1) is 0 Å². The van der Waals surface area contributed by atoms with Gasteiger partial charge in [-0.1, -0.05) is 78.6 Å². The third kappa shape index (κ3) is 7.84. The Hall–Kier alpha value is -2.79. The van der Waals surface area contributed by atoms with E-state index in [1.54, 1.807) is 6.20 Å². The third-order valence-electron chi connectivity index (χ3n) is 8.91. The fourth-order valence-electron chi connectivity index (χ4n) is 4.84. The van der Waals surface area contributed by atoms with Crippen molar-refractivity contribution in [1.82, 2.24) is 9.55 Å². The molecule has 0 aliphatic carbocycles. The fraction of sp³-hybridized carbons (Fsp3) is 0.606. The Morgan fingerprint density at radius 1 is 1.19 bits per heavy atom. The summed E-state index contributed by atoms with van der Waals surface area (Å²) in [5, 5.41) is 0.679. The highest BCUT2D eigenvalue weighted by molar-refractivity contribution is 6.74. The maximum Gasteiger partial charge on any atom is 0.353 e. The van der Waals surface area contributed by atoms with Crippen LogP contribution in [0.1, 0.15) is 79.0 Å². The number of aromatic nitrogens is 2. The summed E-state index contributed by atoms with van der Waals surface area (Å²) < 4.78 is 26.1. The van der Waals surface area contributed by atoms with Gasteiger partial charge in [0.1, 0.15) is 30.2 Å². The van der Waals surface area contributed by atoms with E-state index in [-0.39, 0.29) is 29.7 Å². The molecule has 4 atom stereocenters. The number of ether oxygens (including phenoxy) is 2. The van der Waals surface area contributed by atoms with Crippen molar-refractivity contribution in [3.05, 3.63) is 52.6 Å². The van der Waals surface area contributed by atoms with Crippen LogP contribution in [-0.2, 0) is 25.1 Å². The van der Waals surface area contributed by atoms with Crippen molar-refractivity contribution in [1.29, 1.82) is 0 Å². The molecule has 1 fully saturated rings. The standard InChI is InChI=1S/C33H49N3O6Si/c1-9-10-11-12-22-13-15-23(16-14-22)25-17-24-19-36(32(38)35-30(24)41-25)28-18-26(42-31(37)29(34)21(2)3)27(40-28)20-39-43(7,8)33(4,5)6/h13-17,19,21,26-29H,9-12,18,20,34H2,1-8H3/t26-,27+,28+,29-/m0/s1. The number of nitrogens with two attached hydrogens (primary N) is 1. The molecule has 0 amide bonds. The topological polar surface area (TPSA) is 119 Å². The molecule has 0 spiro atoms. The summed E-state index contributed by atoms with van der Waals surface area (Å²) in [6, 6.07) is 9.46. The minimum Gasteiger partial charge on any atom is -0.458 e. The summed E-state index contributed by atoms with van der Waals surface area (Å²) >= 11 is 0. The van der Waals surface area contributed by atoms with Gasteiger partial charge in [-0.2, -0.15) is 4.98 Å². The molecule has 3 heterocycles. The number of rotatable bonds is 12. The summed E-state index contributed by atoms with van der Waals surface area (Å²) in [4.78, 5) is 30.2. The lowest BCUT2D eigenvalue weighted by molar-refractivity contribution is -0.155. The van der Waals surface area contributed by atoms with Crippen LogP contribution in [0.15, 0.2) is 45.7 Å². The number of hydrogen-bond acceptors (Lipinski definition) is 8. The average molecular weight is 612 g/mol. The minimum atomic E-state index is -2.11. The van der Waals surface area contributed by atoms with Crippen LogP contribution in [-0.4, -0.2) is 48.7 Å². The molecular formula is C33H49N3O6Si. The Labute approximate surface area is 256 Å². The van der Waals surface area contributed by atoms with E-state index >= 15 is 0 Å². The molecule has 236 valence electrons. The van der Waals surface area contributed by atoms with Crippen molar-refractivity contribution >= 4 is 25.4 Å². The van der Waals surface area contributed by atoms with Gasteiger partial charge in [0.05, 0.1) is 12.0 Å². The van der Waals surface area contributed by atoms with E-state index in [1.165, 1.54) is 29.4 Å². The van der Waals surface area contributed by atoms with Gasteiger partial charge >= 0.3 is 11.7 Å². The largest absolute Gasteiger partial charge is 0.458 e. The second-order valence-corrected chi connectivity index (χ2v) is 18.4. The summed E-state index contributed by atoms with van der Waals surface area (Å²) in [7, 11) is -2.11. The number of esters is 1. The van der Waals surface area contributed by atoms with Crippen LogP contribution in [0.5, 0.6) is 0 Å². The van der Waals surface area contributed by atoms with Gasteiger partial charge in [-0.3, -0.25) is 9.36 Å². The Morgan fingerprint density at radius 2 is 1.88 bits per heavy atom. The van der Waals surface area contributed by atoms with Crippen LogP contribution < -0.4 is 11.4 Å². The highest BCUT2D eigenvalue weighted by Gasteiger charge is 2.43. The van der Waals surface area contributed by atoms with Crippen molar-refractivity contribution in [2.75, 3.05) is 6.61 Å². The number of carbonyl (C=O) groups is 1. The summed E-state index contributed by atoms with van der Waals surface area (Å²) in [5.74, 6) is 0.0786. The number of fused-ring (bicyclic) bond motifs is 1. The Morgan fingerprint density at radius 3 is 2.51 bits per heavy atom. The van der Waals surface area contributed by atoms with Gasteiger partial charge in [0.15, 0.2) is 8.32 Å². The first-order valence-corrected chi connectivity index (χ1v) is 18.5. The van der Waals surface area contributed by atoms with Crippen LogP contribution in [0.3, 0.4) is 0 Å². The van der Waals surface area contributed by atoms with Crippen molar-refractivity contribution in [2.24, 2.45) is 11.7 Å². The summed E-state index contributed by atoms with van der Waals surface area (Å²) in [6.07, 6.45) is 4.76. The molecule has 43 heavy (non-hydrogen) atoms. The first kappa shape index (κ1) is 33.1. The van der Waals surface area contributed by atoms with Gasteiger partial charge in [-0.05, 0) is 48.5 Å². The summed E-state index contributed by atoms with van der Waals surface area (Å²) in [6.45, 7) is 17.0. The van der Waals surface area contributed by atoms with Crippen molar-refractivity contribution in [2.45, 2.75) is 116 Å². The number of furan rings is 1. The molecule has 1 aliphatic heterocycles. The number of benzene rings is 1. The predicted molar refractivity (Wildman–Crippen MR) is 171 cm³/mol. The molecule has 3 aromatic rings. The van der Waals surface area contributed by atoms with Crippen LogP contribution in [0.25, 0.3) is 22.4 Å². The van der Waals surface area contributed by atoms with E-state index in [1.807, 2.05) is 32.0 Å². The van der Waals surface area contributed by atoms with Crippen LogP contribution in [0.2, 0.25) is 18.1 Å². The van der Waals surface area contributed by atoms with Crippen molar-refractivity contribution in [3.63, 3.8) is 0 Å². The smallest absolute Gasteiger partial charge is 0.353 e. The minimum absolute atomic E-state index is 0.00255. The third-order valence-corrected chi connectivity index (χ3v) is 13.4. The lowest BCUT2D eigenvalue weighted by Crippen LogP contribution is -2.45. The van der Waals surface area contributed by atoms with Gasteiger partial charge in [0.2, 0.25) is 5.71 Å². The van der Waals surface area contributed by atoms with E-state index in [2.05, 4.69) is 57.9 Å². The van der Waals surface area contributed by atoms with Crippen LogP contribution in [0, 0.1) is 5.92 Å². The Balaban J connectivity index is 1.56. The second-order valence-electron chi connectivity index (χ2n) is 13.6. The Kier molecular flexibility index (Phi) is 10.4. The average Bonchev–Trinajstić information content (AvgIpc) is 3.54. The first-order valence-electron chi connectivity index (χ1n) is 15.6. The maximum atomic E-state index is 13.2. The zero-order valence-electron chi connectivity index (χ0n) is 27.0.